The zero-order valence-electron chi connectivity index (χ0n) is 28.7. The maximum atomic E-state index is 9.33. The van der Waals surface area contributed by atoms with E-state index in [1.807, 2.05) is 0 Å². The first kappa shape index (κ1) is 53.0. The van der Waals surface area contributed by atoms with Gasteiger partial charge in [0.1, 0.15) is 0 Å². The van der Waals surface area contributed by atoms with Gasteiger partial charge in [0.15, 0.2) is 0 Å². The molecule has 0 bridgehead atoms. The first-order valence-corrected chi connectivity index (χ1v) is 15.9. The van der Waals surface area contributed by atoms with Crippen molar-refractivity contribution in [1.82, 2.24) is 0 Å². The maximum Gasteiger partial charge on any atom is 0.0765 e. The third-order valence-electron chi connectivity index (χ3n) is 6.15. The first-order valence-electron chi connectivity index (χ1n) is 15.9. The number of aliphatic hydroxyl groups is 6. The normalized spacial score (nSPS) is 13.2. The minimum atomic E-state index is -0.510. The summed E-state index contributed by atoms with van der Waals surface area (Å²) in [5, 5.41) is 54.0. The molecule has 0 aromatic rings. The number of aliphatic hydroxyl groups excluding tert-OH is 6. The van der Waals surface area contributed by atoms with E-state index in [-0.39, 0.29) is 38.6 Å². The van der Waals surface area contributed by atoms with E-state index in [9.17, 15) is 20.4 Å². The van der Waals surface area contributed by atoms with Crippen LogP contribution in [0.2, 0.25) is 0 Å². The second-order valence-electron chi connectivity index (χ2n) is 10.5. The van der Waals surface area contributed by atoms with Gasteiger partial charge in [-0.3, -0.25) is 0 Å². The summed E-state index contributed by atoms with van der Waals surface area (Å²) in [7, 11) is 12.8. The molecule has 12 nitrogen and oxygen atoms in total. The Balaban J connectivity index is -0.000000188. The Morgan fingerprint density at radius 2 is 0.652 bits per heavy atom. The predicted octanol–water partition coefficient (Wildman–Crippen LogP) is 3.11. The molecule has 0 saturated heterocycles. The van der Waals surface area contributed by atoms with Crippen LogP contribution in [0.4, 0.5) is 0 Å². The van der Waals surface area contributed by atoms with E-state index in [0.717, 1.165) is 77.0 Å². The summed E-state index contributed by atoms with van der Waals surface area (Å²) >= 11 is 0. The molecule has 274 valence electrons. The predicted molar refractivity (Wildman–Crippen MR) is 170 cm³/mol. The smallest absolute Gasteiger partial charge is 0.0765 e. The molecule has 0 radical (unpaired) electrons. The molecule has 0 rings (SSSR count). The summed E-state index contributed by atoms with van der Waals surface area (Å²) in [6, 6.07) is 0. The first-order chi connectivity index (χ1) is 21.3. The average molecular weight is 1180 g/mol. The molecular weight excluding hydrogens is 1110 g/mol. The van der Waals surface area contributed by atoms with Crippen molar-refractivity contribution in [3.63, 3.8) is 0 Å². The van der Waals surface area contributed by atoms with Crippen molar-refractivity contribution in [2.45, 2.75) is 114 Å². The Morgan fingerprint density at radius 1 is 0.370 bits per heavy atom. The van der Waals surface area contributed by atoms with E-state index in [2.05, 4.69) is 47.4 Å². The SMILES string of the molecule is [CH2-]OCC(O)CCCCCCO.[CH2-]OCC(O)CCCCCCO.[CH2-]OCC(O)CCOCCCCOCCC(O)CO[CH2-].[Rf].[Rf]. The third kappa shape index (κ3) is 51.1. The molecule has 0 aliphatic heterocycles. The molecule has 0 amide bonds. The van der Waals surface area contributed by atoms with Gasteiger partial charge in [-0.15, -0.1) is 0 Å². The quantitative estimate of drug-likeness (QED) is 0.0443. The largest absolute Gasteiger partial charge is 0.553 e. The fraction of sp³-hybridized carbons (Fsp3) is 0.875. The monoisotopic (exact) mass is 1180 g/mol. The number of rotatable bonds is 31. The molecule has 4 atom stereocenters. The summed E-state index contributed by atoms with van der Waals surface area (Å²) in [6.45, 7) is 3.99. The van der Waals surface area contributed by atoms with Crippen LogP contribution in [0.15, 0.2) is 0 Å². The van der Waals surface area contributed by atoms with E-state index in [0.29, 0.717) is 52.5 Å². The molecule has 0 fully saturated rings. The molecule has 46 heavy (non-hydrogen) atoms. The van der Waals surface area contributed by atoms with Crippen molar-refractivity contribution >= 4 is 0 Å². The van der Waals surface area contributed by atoms with Crippen LogP contribution in [-0.2, 0) is 28.4 Å². The van der Waals surface area contributed by atoms with Crippen LogP contribution in [0.3, 0.4) is 0 Å². The van der Waals surface area contributed by atoms with E-state index in [1.165, 1.54) is 0 Å². The molecule has 4 unspecified atom stereocenters. The van der Waals surface area contributed by atoms with Gasteiger partial charge < -0.3 is 59.1 Å². The Bertz CT molecular complexity index is 460. The molecule has 0 heterocycles. The van der Waals surface area contributed by atoms with Gasteiger partial charge in [0.05, 0.1) is 24.4 Å². The number of hydrogen-bond acceptors (Lipinski definition) is 12. The molecule has 0 aromatic heterocycles. The maximum absolute atomic E-state index is 9.33. The minimum absolute atomic E-state index is 0. The van der Waals surface area contributed by atoms with Crippen molar-refractivity contribution in [1.29, 1.82) is 0 Å². The van der Waals surface area contributed by atoms with Gasteiger partial charge in [-0.2, -0.15) is 0 Å². The van der Waals surface area contributed by atoms with Crippen LogP contribution in [0, 0.1) is 28.4 Å². The number of unbranched alkanes of at least 4 members (excludes halogenated alkanes) is 7. The average Bonchev–Trinajstić information content (AvgIpc) is 2.99. The van der Waals surface area contributed by atoms with Crippen LogP contribution in [0.25, 0.3) is 0 Å². The Kier molecular flexibility index (Phi) is 54.1. The molecule has 0 aromatic carbocycles. The van der Waals surface area contributed by atoms with Gasteiger partial charge in [0, 0.05) is 66.1 Å². The van der Waals surface area contributed by atoms with E-state index in [1.54, 1.807) is 0 Å². The summed E-state index contributed by atoms with van der Waals surface area (Å²) in [4.78, 5) is 0. The molecule has 0 spiro atoms. The molecule has 6 N–H and O–H groups in total. The zero-order chi connectivity index (χ0) is 33.5. The van der Waals surface area contributed by atoms with Gasteiger partial charge >= 0.3 is 0 Å². The standard InChI is InChI=1S/C14H28O6.2C9H19O3.2Rf/c1-17-11-13(15)5-9-19-7-3-4-8-20-10-6-14(16)12-18-2;2*1-12-8-9(11)6-4-2-3-5-7-10;;/h13-16H,1-12H2;2*9-11H,1-8H2;;/q-2;2*-1;;. The third-order valence-corrected chi connectivity index (χ3v) is 6.15. The van der Waals surface area contributed by atoms with Crippen LogP contribution in [0.1, 0.15) is 89.9 Å². The molecule has 0 aliphatic rings. The minimum Gasteiger partial charge on any atom is -0.553 e. The Labute approximate surface area is 268 Å². The molecule has 0 saturated carbocycles. The van der Waals surface area contributed by atoms with Gasteiger partial charge in [0.2, 0.25) is 0 Å². The Hall–Kier alpha value is -2.48. The fourth-order valence-corrected chi connectivity index (χ4v) is 3.62. The van der Waals surface area contributed by atoms with Gasteiger partial charge in [-0.05, 0) is 51.4 Å². The van der Waals surface area contributed by atoms with Gasteiger partial charge in [-0.1, -0.05) is 38.5 Å². The van der Waals surface area contributed by atoms with Crippen molar-refractivity contribution in [3.05, 3.63) is 28.4 Å². The van der Waals surface area contributed by atoms with Crippen LogP contribution < -0.4 is 0 Å². The van der Waals surface area contributed by atoms with Crippen molar-refractivity contribution in [2.24, 2.45) is 0 Å². The van der Waals surface area contributed by atoms with E-state index >= 15 is 0 Å². The van der Waals surface area contributed by atoms with Crippen molar-refractivity contribution in [2.75, 3.05) is 66.1 Å². The topological polar surface area (TPSA) is 177 Å². The summed E-state index contributed by atoms with van der Waals surface area (Å²) in [5.74, 6) is 0. The van der Waals surface area contributed by atoms with Crippen LogP contribution in [-0.4, -0.2) is 121 Å². The second kappa shape index (κ2) is 46.9. The van der Waals surface area contributed by atoms with Crippen molar-refractivity contribution in [3.8, 4) is 0 Å². The van der Waals surface area contributed by atoms with Crippen LogP contribution in [0.5, 0.6) is 0 Å². The van der Waals surface area contributed by atoms with E-state index in [4.69, 9.17) is 19.7 Å². The summed E-state index contributed by atoms with van der Waals surface area (Å²) in [5.41, 5.74) is 0. The molecule has 14 heteroatoms. The summed E-state index contributed by atoms with van der Waals surface area (Å²) < 4.78 is 29.0. The fourth-order valence-electron chi connectivity index (χ4n) is 3.62. The Morgan fingerprint density at radius 3 is 0.935 bits per heavy atom. The van der Waals surface area contributed by atoms with Gasteiger partial charge in [0.25, 0.3) is 0 Å². The van der Waals surface area contributed by atoms with E-state index < -0.39 is 12.2 Å². The number of hydrogen-bond donors (Lipinski definition) is 6. The van der Waals surface area contributed by atoms with Crippen molar-refractivity contribution < 1.29 is 59.1 Å². The molecule has 0 aliphatic carbocycles. The summed E-state index contributed by atoms with van der Waals surface area (Å²) in [6.07, 6.45) is 10.6. The zero-order valence-corrected chi connectivity index (χ0v) is 41.5. The van der Waals surface area contributed by atoms with Gasteiger partial charge in [-0.25, -0.2) is 28.4 Å². The second-order valence-corrected chi connectivity index (χ2v) is 10.5. The molecular formula is C32H66O12Rf2-4. The van der Waals surface area contributed by atoms with Crippen LogP contribution >= 0.6 is 0 Å². The number of ether oxygens (including phenoxy) is 6.